The maximum Gasteiger partial charge on any atom is 0.251 e. The van der Waals surface area contributed by atoms with Gasteiger partial charge in [0, 0.05) is 24.3 Å². The molecule has 0 aliphatic carbocycles. The van der Waals surface area contributed by atoms with Gasteiger partial charge < -0.3 is 15.0 Å². The number of H-pyrrole nitrogens is 1. The van der Waals surface area contributed by atoms with E-state index < -0.39 is 0 Å². The van der Waals surface area contributed by atoms with E-state index in [4.69, 9.17) is 4.74 Å². The molecule has 1 aliphatic heterocycles. The van der Waals surface area contributed by atoms with Crippen LogP contribution in [0.15, 0.2) is 24.5 Å². The van der Waals surface area contributed by atoms with E-state index in [9.17, 15) is 4.79 Å². The Kier molecular flexibility index (Phi) is 2.98. The Morgan fingerprint density at radius 1 is 1.42 bits per heavy atom. The monoisotopic (exact) mass is 259 g/mol. The normalized spacial score (nSPS) is 18.4. The molecule has 0 bridgehead atoms. The SMILES string of the molecule is CC1(NC(=O)c2ccc3nc[nH]c3c2)CCOCC1. The van der Waals surface area contributed by atoms with Crippen LogP contribution in [-0.2, 0) is 4.74 Å². The molecule has 0 unspecified atom stereocenters. The fourth-order valence-electron chi connectivity index (χ4n) is 2.37. The zero-order chi connectivity index (χ0) is 13.3. The highest BCUT2D eigenvalue weighted by atomic mass is 16.5. The van der Waals surface area contributed by atoms with E-state index in [1.165, 1.54) is 0 Å². The summed E-state index contributed by atoms with van der Waals surface area (Å²) in [6.07, 6.45) is 3.34. The fraction of sp³-hybridized carbons (Fsp3) is 0.429. The van der Waals surface area contributed by atoms with Crippen LogP contribution in [0.5, 0.6) is 0 Å². The predicted molar refractivity (Wildman–Crippen MR) is 72.0 cm³/mol. The molecule has 5 heteroatoms. The second kappa shape index (κ2) is 4.66. The number of imidazole rings is 1. The molecule has 0 atom stereocenters. The van der Waals surface area contributed by atoms with Gasteiger partial charge in [0.1, 0.15) is 0 Å². The molecule has 1 aliphatic rings. The van der Waals surface area contributed by atoms with Crippen molar-refractivity contribution in [2.45, 2.75) is 25.3 Å². The van der Waals surface area contributed by atoms with Crippen molar-refractivity contribution >= 4 is 16.9 Å². The summed E-state index contributed by atoms with van der Waals surface area (Å²) >= 11 is 0. The number of nitrogens with one attached hydrogen (secondary N) is 2. The van der Waals surface area contributed by atoms with Crippen LogP contribution in [0.3, 0.4) is 0 Å². The minimum absolute atomic E-state index is 0.0408. The molecule has 1 aromatic carbocycles. The van der Waals surface area contributed by atoms with Gasteiger partial charge in [-0.2, -0.15) is 0 Å². The van der Waals surface area contributed by atoms with Crippen LogP contribution < -0.4 is 5.32 Å². The molecule has 100 valence electrons. The highest BCUT2D eigenvalue weighted by Gasteiger charge is 2.29. The molecule has 0 saturated carbocycles. The number of nitrogens with zero attached hydrogens (tertiary/aromatic N) is 1. The molecule has 0 spiro atoms. The van der Waals surface area contributed by atoms with Gasteiger partial charge in [-0.25, -0.2) is 4.98 Å². The lowest BCUT2D eigenvalue weighted by Crippen LogP contribution is -2.49. The summed E-state index contributed by atoms with van der Waals surface area (Å²) in [7, 11) is 0. The van der Waals surface area contributed by atoms with E-state index in [1.807, 2.05) is 12.1 Å². The molecular formula is C14H17N3O2. The first-order valence-corrected chi connectivity index (χ1v) is 6.50. The zero-order valence-corrected chi connectivity index (χ0v) is 10.9. The van der Waals surface area contributed by atoms with Crippen LogP contribution >= 0.6 is 0 Å². The summed E-state index contributed by atoms with van der Waals surface area (Å²) in [5, 5.41) is 3.12. The number of aromatic nitrogens is 2. The van der Waals surface area contributed by atoms with Gasteiger partial charge in [-0.15, -0.1) is 0 Å². The second-order valence-corrected chi connectivity index (χ2v) is 5.26. The minimum Gasteiger partial charge on any atom is -0.381 e. The van der Waals surface area contributed by atoms with Crippen molar-refractivity contribution in [2.24, 2.45) is 0 Å². The predicted octanol–water partition coefficient (Wildman–Crippen LogP) is 1.86. The lowest BCUT2D eigenvalue weighted by molar-refractivity contribution is 0.0423. The van der Waals surface area contributed by atoms with Crippen molar-refractivity contribution in [3.8, 4) is 0 Å². The van der Waals surface area contributed by atoms with E-state index >= 15 is 0 Å². The Labute approximate surface area is 111 Å². The Bertz CT molecular complexity index is 600. The Balaban J connectivity index is 1.79. The summed E-state index contributed by atoms with van der Waals surface area (Å²) in [6.45, 7) is 3.48. The van der Waals surface area contributed by atoms with Gasteiger partial charge in [0.15, 0.2) is 0 Å². The van der Waals surface area contributed by atoms with Gasteiger partial charge >= 0.3 is 0 Å². The maximum atomic E-state index is 12.3. The number of ether oxygens (including phenoxy) is 1. The Hall–Kier alpha value is -1.88. The third kappa shape index (κ3) is 2.46. The number of fused-ring (bicyclic) bond motifs is 1. The lowest BCUT2D eigenvalue weighted by atomic mass is 9.92. The number of hydrogen-bond donors (Lipinski definition) is 2. The molecule has 2 heterocycles. The molecular weight excluding hydrogens is 242 g/mol. The number of amides is 1. The molecule has 19 heavy (non-hydrogen) atoms. The topological polar surface area (TPSA) is 67.0 Å². The molecule has 1 amide bonds. The average molecular weight is 259 g/mol. The quantitative estimate of drug-likeness (QED) is 0.865. The van der Waals surface area contributed by atoms with Crippen LogP contribution in [-0.4, -0.2) is 34.6 Å². The van der Waals surface area contributed by atoms with E-state index in [2.05, 4.69) is 22.2 Å². The smallest absolute Gasteiger partial charge is 0.251 e. The van der Waals surface area contributed by atoms with Crippen molar-refractivity contribution in [2.75, 3.05) is 13.2 Å². The van der Waals surface area contributed by atoms with E-state index in [-0.39, 0.29) is 11.4 Å². The molecule has 0 radical (unpaired) electrons. The van der Waals surface area contributed by atoms with Crippen molar-refractivity contribution in [3.05, 3.63) is 30.1 Å². The summed E-state index contributed by atoms with van der Waals surface area (Å²) < 4.78 is 5.33. The molecule has 1 saturated heterocycles. The molecule has 2 N–H and O–H groups in total. The number of rotatable bonds is 2. The first-order chi connectivity index (χ1) is 9.16. The van der Waals surface area contributed by atoms with Crippen LogP contribution in [0, 0.1) is 0 Å². The zero-order valence-electron chi connectivity index (χ0n) is 10.9. The second-order valence-electron chi connectivity index (χ2n) is 5.26. The Morgan fingerprint density at radius 2 is 2.21 bits per heavy atom. The van der Waals surface area contributed by atoms with Crippen LogP contribution in [0.25, 0.3) is 11.0 Å². The van der Waals surface area contributed by atoms with Crippen LogP contribution in [0.4, 0.5) is 0 Å². The summed E-state index contributed by atoms with van der Waals surface area (Å²) in [5.41, 5.74) is 2.24. The fourth-order valence-corrected chi connectivity index (χ4v) is 2.37. The minimum atomic E-state index is -0.168. The number of carbonyl (C=O) groups is 1. The highest BCUT2D eigenvalue weighted by Crippen LogP contribution is 2.21. The average Bonchev–Trinajstić information content (AvgIpc) is 2.86. The molecule has 1 aromatic heterocycles. The number of benzene rings is 1. The lowest BCUT2D eigenvalue weighted by Gasteiger charge is -2.34. The van der Waals surface area contributed by atoms with Gasteiger partial charge in [0.2, 0.25) is 0 Å². The van der Waals surface area contributed by atoms with Gasteiger partial charge in [0.25, 0.3) is 5.91 Å². The standard InChI is InChI=1S/C14H17N3O2/c1-14(4-6-19-7-5-14)17-13(18)10-2-3-11-12(8-10)16-9-15-11/h2-3,8-9H,4-7H2,1H3,(H,15,16)(H,17,18). The van der Waals surface area contributed by atoms with E-state index in [0.29, 0.717) is 18.8 Å². The van der Waals surface area contributed by atoms with Crippen LogP contribution in [0.1, 0.15) is 30.1 Å². The van der Waals surface area contributed by atoms with Gasteiger partial charge in [-0.3, -0.25) is 4.79 Å². The van der Waals surface area contributed by atoms with E-state index in [1.54, 1.807) is 12.4 Å². The van der Waals surface area contributed by atoms with Gasteiger partial charge in [-0.05, 0) is 38.0 Å². The van der Waals surface area contributed by atoms with Crippen molar-refractivity contribution in [1.29, 1.82) is 0 Å². The largest absolute Gasteiger partial charge is 0.381 e. The molecule has 5 nitrogen and oxygen atoms in total. The molecule has 3 rings (SSSR count). The van der Waals surface area contributed by atoms with Gasteiger partial charge in [-0.1, -0.05) is 0 Å². The van der Waals surface area contributed by atoms with Crippen molar-refractivity contribution < 1.29 is 9.53 Å². The van der Waals surface area contributed by atoms with Crippen molar-refractivity contribution in [1.82, 2.24) is 15.3 Å². The van der Waals surface area contributed by atoms with Crippen LogP contribution in [0.2, 0.25) is 0 Å². The number of hydrogen-bond acceptors (Lipinski definition) is 3. The third-order valence-corrected chi connectivity index (χ3v) is 3.69. The van der Waals surface area contributed by atoms with E-state index in [0.717, 1.165) is 23.9 Å². The third-order valence-electron chi connectivity index (χ3n) is 3.69. The van der Waals surface area contributed by atoms with Gasteiger partial charge in [0.05, 0.1) is 17.4 Å². The number of carbonyl (C=O) groups excluding carboxylic acids is 1. The first kappa shape index (κ1) is 12.2. The Morgan fingerprint density at radius 3 is 3.00 bits per heavy atom. The summed E-state index contributed by atoms with van der Waals surface area (Å²) in [4.78, 5) is 19.5. The number of aromatic amines is 1. The summed E-state index contributed by atoms with van der Waals surface area (Å²) in [5.74, 6) is -0.0408. The van der Waals surface area contributed by atoms with Crippen molar-refractivity contribution in [3.63, 3.8) is 0 Å². The molecule has 2 aromatic rings. The maximum absolute atomic E-state index is 12.3. The highest BCUT2D eigenvalue weighted by molar-refractivity contribution is 5.97. The molecule has 1 fully saturated rings. The first-order valence-electron chi connectivity index (χ1n) is 6.50. The summed E-state index contributed by atoms with van der Waals surface area (Å²) in [6, 6.07) is 5.49.